The van der Waals surface area contributed by atoms with Crippen LogP contribution in [0, 0.1) is 0 Å². The first kappa shape index (κ1) is 9.47. The molecule has 0 aromatic heterocycles. The van der Waals surface area contributed by atoms with Gasteiger partial charge in [0.2, 0.25) is 0 Å². The topological polar surface area (TPSA) is 29.3 Å². The molecule has 1 aliphatic carbocycles. The lowest BCUT2D eigenvalue weighted by atomic mass is 9.92. The van der Waals surface area contributed by atoms with Crippen molar-refractivity contribution in [3.05, 3.63) is 0 Å². The number of nitrogens with zero attached hydrogens (tertiary/aromatic N) is 1. The molecule has 2 heteroatoms. The van der Waals surface area contributed by atoms with Gasteiger partial charge in [-0.1, -0.05) is 19.3 Å². The molecule has 0 aromatic rings. The van der Waals surface area contributed by atoms with Crippen molar-refractivity contribution >= 4 is 0 Å². The van der Waals surface area contributed by atoms with Crippen LogP contribution in [0.5, 0.6) is 0 Å². The Morgan fingerprint density at radius 1 is 0.846 bits per heavy atom. The summed E-state index contributed by atoms with van der Waals surface area (Å²) in [6.45, 7) is 1.26. The van der Waals surface area contributed by atoms with Crippen molar-refractivity contribution in [2.24, 2.45) is 5.73 Å². The molecule has 0 bridgehead atoms. The van der Waals surface area contributed by atoms with E-state index in [9.17, 15) is 0 Å². The summed E-state index contributed by atoms with van der Waals surface area (Å²) >= 11 is 0. The van der Waals surface area contributed by atoms with Crippen LogP contribution in [-0.2, 0) is 0 Å². The fraction of sp³-hybridized carbons (Fsp3) is 1.00. The SMILES string of the molecule is NC1CCCCN1C1CCCCC1. The van der Waals surface area contributed by atoms with E-state index in [1.165, 1.54) is 57.9 Å². The molecular formula is C11H22N2. The number of likely N-dealkylation sites (tertiary alicyclic amines) is 1. The summed E-state index contributed by atoms with van der Waals surface area (Å²) in [6.07, 6.45) is 11.4. The largest absolute Gasteiger partial charge is 0.316 e. The van der Waals surface area contributed by atoms with Gasteiger partial charge >= 0.3 is 0 Å². The Balaban J connectivity index is 1.88. The zero-order valence-electron chi connectivity index (χ0n) is 8.54. The molecule has 0 spiro atoms. The second kappa shape index (κ2) is 4.43. The minimum atomic E-state index is 0.372. The van der Waals surface area contributed by atoms with Crippen LogP contribution in [0.1, 0.15) is 51.4 Å². The van der Waals surface area contributed by atoms with E-state index in [0.717, 1.165) is 6.04 Å². The molecule has 1 saturated heterocycles. The fourth-order valence-corrected chi connectivity index (χ4v) is 2.85. The first-order valence-corrected chi connectivity index (χ1v) is 5.89. The van der Waals surface area contributed by atoms with Gasteiger partial charge in [0, 0.05) is 6.04 Å². The number of hydrogen-bond donors (Lipinski definition) is 1. The van der Waals surface area contributed by atoms with Crippen molar-refractivity contribution in [3.8, 4) is 0 Å². The van der Waals surface area contributed by atoms with E-state index in [0.29, 0.717) is 6.17 Å². The van der Waals surface area contributed by atoms with Gasteiger partial charge in [-0.3, -0.25) is 4.90 Å². The Kier molecular flexibility index (Phi) is 3.23. The molecule has 1 unspecified atom stereocenters. The van der Waals surface area contributed by atoms with Crippen LogP contribution in [0.4, 0.5) is 0 Å². The lowest BCUT2D eigenvalue weighted by Gasteiger charge is -2.41. The van der Waals surface area contributed by atoms with Crippen LogP contribution in [-0.4, -0.2) is 23.7 Å². The van der Waals surface area contributed by atoms with Crippen LogP contribution in [0.3, 0.4) is 0 Å². The van der Waals surface area contributed by atoms with E-state index in [4.69, 9.17) is 5.73 Å². The molecule has 2 aliphatic rings. The molecule has 0 radical (unpaired) electrons. The lowest BCUT2D eigenvalue weighted by molar-refractivity contribution is 0.0758. The van der Waals surface area contributed by atoms with Gasteiger partial charge in [0.1, 0.15) is 0 Å². The summed E-state index contributed by atoms with van der Waals surface area (Å²) in [5.41, 5.74) is 6.14. The van der Waals surface area contributed by atoms with Crippen molar-refractivity contribution in [1.29, 1.82) is 0 Å². The van der Waals surface area contributed by atoms with Crippen molar-refractivity contribution in [2.75, 3.05) is 6.54 Å². The molecular weight excluding hydrogens is 160 g/mol. The smallest absolute Gasteiger partial charge is 0.0574 e. The summed E-state index contributed by atoms with van der Waals surface area (Å²) in [5.74, 6) is 0. The summed E-state index contributed by atoms with van der Waals surface area (Å²) in [5, 5.41) is 0. The highest BCUT2D eigenvalue weighted by Gasteiger charge is 2.27. The maximum atomic E-state index is 6.14. The van der Waals surface area contributed by atoms with Crippen LogP contribution in [0.15, 0.2) is 0 Å². The molecule has 1 aliphatic heterocycles. The highest BCUT2D eigenvalue weighted by Crippen LogP contribution is 2.26. The van der Waals surface area contributed by atoms with Gasteiger partial charge in [0.05, 0.1) is 6.17 Å². The van der Waals surface area contributed by atoms with E-state index in [1.807, 2.05) is 0 Å². The maximum Gasteiger partial charge on any atom is 0.0574 e. The van der Waals surface area contributed by atoms with E-state index in [1.54, 1.807) is 0 Å². The first-order chi connectivity index (χ1) is 6.38. The minimum Gasteiger partial charge on any atom is -0.316 e. The third kappa shape index (κ3) is 2.23. The van der Waals surface area contributed by atoms with Crippen LogP contribution in [0.25, 0.3) is 0 Å². The van der Waals surface area contributed by atoms with Crippen molar-refractivity contribution in [2.45, 2.75) is 63.6 Å². The number of piperidine rings is 1. The molecule has 13 heavy (non-hydrogen) atoms. The first-order valence-electron chi connectivity index (χ1n) is 5.89. The second-order valence-corrected chi connectivity index (χ2v) is 4.59. The molecule has 2 fully saturated rings. The summed E-state index contributed by atoms with van der Waals surface area (Å²) < 4.78 is 0. The fourth-order valence-electron chi connectivity index (χ4n) is 2.85. The number of hydrogen-bond acceptors (Lipinski definition) is 2. The van der Waals surface area contributed by atoms with E-state index < -0.39 is 0 Å². The van der Waals surface area contributed by atoms with E-state index >= 15 is 0 Å². The predicted molar refractivity (Wildman–Crippen MR) is 55.4 cm³/mol. The standard InChI is InChI=1S/C11H22N2/c12-11-8-4-5-9-13(11)10-6-2-1-3-7-10/h10-11H,1-9,12H2. The normalized spacial score (nSPS) is 33.5. The molecule has 1 heterocycles. The third-order valence-electron chi connectivity index (χ3n) is 3.64. The summed E-state index contributed by atoms with van der Waals surface area (Å²) in [6, 6.07) is 0.823. The Bertz CT molecular complexity index is 152. The molecule has 0 amide bonds. The predicted octanol–water partition coefficient (Wildman–Crippen LogP) is 2.09. The van der Waals surface area contributed by atoms with Gasteiger partial charge in [-0.15, -0.1) is 0 Å². The van der Waals surface area contributed by atoms with E-state index in [-0.39, 0.29) is 0 Å². The van der Waals surface area contributed by atoms with Crippen LogP contribution in [0.2, 0.25) is 0 Å². The molecule has 1 atom stereocenters. The Labute approximate surface area is 81.5 Å². The van der Waals surface area contributed by atoms with Gasteiger partial charge < -0.3 is 5.73 Å². The molecule has 0 aromatic carbocycles. The molecule has 2 nitrogen and oxygen atoms in total. The van der Waals surface area contributed by atoms with Crippen molar-refractivity contribution in [3.63, 3.8) is 0 Å². The Morgan fingerprint density at radius 2 is 1.54 bits per heavy atom. The quantitative estimate of drug-likeness (QED) is 0.673. The minimum absolute atomic E-state index is 0.372. The molecule has 76 valence electrons. The third-order valence-corrected chi connectivity index (χ3v) is 3.64. The monoisotopic (exact) mass is 182 g/mol. The number of rotatable bonds is 1. The van der Waals surface area contributed by atoms with E-state index in [2.05, 4.69) is 4.90 Å². The van der Waals surface area contributed by atoms with Gasteiger partial charge in [-0.25, -0.2) is 0 Å². The second-order valence-electron chi connectivity index (χ2n) is 4.59. The van der Waals surface area contributed by atoms with Crippen molar-refractivity contribution < 1.29 is 0 Å². The highest BCUT2D eigenvalue weighted by molar-refractivity contribution is 4.81. The zero-order valence-corrected chi connectivity index (χ0v) is 8.54. The highest BCUT2D eigenvalue weighted by atomic mass is 15.2. The Hall–Kier alpha value is -0.0800. The molecule has 2 N–H and O–H groups in total. The van der Waals surface area contributed by atoms with Gasteiger partial charge in [0.25, 0.3) is 0 Å². The molecule has 1 saturated carbocycles. The zero-order chi connectivity index (χ0) is 9.10. The Morgan fingerprint density at radius 3 is 2.23 bits per heavy atom. The van der Waals surface area contributed by atoms with Crippen LogP contribution < -0.4 is 5.73 Å². The average molecular weight is 182 g/mol. The van der Waals surface area contributed by atoms with Gasteiger partial charge in [0.15, 0.2) is 0 Å². The lowest BCUT2D eigenvalue weighted by Crippen LogP contribution is -2.51. The molecule has 2 rings (SSSR count). The average Bonchev–Trinajstić information content (AvgIpc) is 2.20. The van der Waals surface area contributed by atoms with Gasteiger partial charge in [-0.2, -0.15) is 0 Å². The summed E-state index contributed by atoms with van der Waals surface area (Å²) in [7, 11) is 0. The summed E-state index contributed by atoms with van der Waals surface area (Å²) in [4.78, 5) is 2.57. The van der Waals surface area contributed by atoms with Gasteiger partial charge in [-0.05, 0) is 38.6 Å². The van der Waals surface area contributed by atoms with Crippen LogP contribution >= 0.6 is 0 Å². The maximum absolute atomic E-state index is 6.14. The number of nitrogens with two attached hydrogens (primary N) is 1. The van der Waals surface area contributed by atoms with Crippen molar-refractivity contribution in [1.82, 2.24) is 4.90 Å².